The van der Waals surface area contributed by atoms with Crippen LogP contribution in [0.25, 0.3) is 0 Å². The zero-order valence-corrected chi connectivity index (χ0v) is 9.31. The lowest BCUT2D eigenvalue weighted by atomic mass is 10.2. The average molecular weight is 208 g/mol. The molecule has 76 valence electrons. The molecule has 0 spiro atoms. The summed E-state index contributed by atoms with van der Waals surface area (Å²) in [6.07, 6.45) is 3.21. The first-order valence-electron chi connectivity index (χ1n) is 5.11. The Hall–Kier alpha value is -0.540. The van der Waals surface area contributed by atoms with Crippen LogP contribution in [0.1, 0.15) is 12.0 Å². The van der Waals surface area contributed by atoms with E-state index in [2.05, 4.69) is 23.3 Å². The van der Waals surface area contributed by atoms with Gasteiger partial charge in [-0.3, -0.25) is 0 Å². The normalized spacial score (nSPS) is 21.4. The Morgan fingerprint density at radius 3 is 3.29 bits per heavy atom. The average Bonchev–Trinajstić information content (AvgIpc) is 2.67. The molecule has 1 N–H and O–H groups in total. The summed E-state index contributed by atoms with van der Waals surface area (Å²) in [7, 11) is 0. The van der Waals surface area contributed by atoms with Crippen LogP contribution in [0.2, 0.25) is 0 Å². The van der Waals surface area contributed by atoms with Gasteiger partial charge in [-0.1, -0.05) is 0 Å². The summed E-state index contributed by atoms with van der Waals surface area (Å²) >= 11 is 1.88. The summed E-state index contributed by atoms with van der Waals surface area (Å²) in [6.45, 7) is 4.48. The van der Waals surface area contributed by atoms with E-state index in [-0.39, 0.29) is 0 Å². The number of nitrogens with zero attached hydrogens (tertiary/aromatic N) is 1. The number of aromatic nitrogens is 1. The maximum absolute atomic E-state index is 4.34. The molecule has 1 unspecified atom stereocenters. The van der Waals surface area contributed by atoms with Crippen molar-refractivity contribution in [2.45, 2.75) is 18.4 Å². The van der Waals surface area contributed by atoms with Crippen LogP contribution in [0.5, 0.6) is 0 Å². The van der Waals surface area contributed by atoms with Gasteiger partial charge in [-0.05, 0) is 50.0 Å². The summed E-state index contributed by atoms with van der Waals surface area (Å²) in [5, 5.41) is 4.55. The topological polar surface area (TPSA) is 24.9 Å². The molecule has 0 saturated carbocycles. The number of aryl methyl sites for hydroxylation is 1. The summed E-state index contributed by atoms with van der Waals surface area (Å²) in [5.74, 6) is 2.03. The zero-order valence-electron chi connectivity index (χ0n) is 8.49. The van der Waals surface area contributed by atoms with Gasteiger partial charge in [0.1, 0.15) is 0 Å². The maximum Gasteiger partial charge on any atom is 0.0962 e. The van der Waals surface area contributed by atoms with Crippen molar-refractivity contribution in [3.63, 3.8) is 0 Å². The number of hydrogen-bond acceptors (Lipinski definition) is 3. The van der Waals surface area contributed by atoms with Crippen LogP contribution in [0, 0.1) is 12.8 Å². The van der Waals surface area contributed by atoms with E-state index >= 15 is 0 Å². The lowest BCUT2D eigenvalue weighted by Crippen LogP contribution is -2.10. The predicted molar refractivity (Wildman–Crippen MR) is 60.7 cm³/mol. The van der Waals surface area contributed by atoms with Crippen molar-refractivity contribution in [3.05, 3.63) is 23.9 Å². The fourth-order valence-corrected chi connectivity index (χ4v) is 2.74. The van der Waals surface area contributed by atoms with E-state index in [9.17, 15) is 0 Å². The summed E-state index contributed by atoms with van der Waals surface area (Å²) < 4.78 is 0. The van der Waals surface area contributed by atoms with E-state index < -0.39 is 0 Å². The van der Waals surface area contributed by atoms with Gasteiger partial charge in [0.2, 0.25) is 0 Å². The van der Waals surface area contributed by atoms with Crippen molar-refractivity contribution in [1.82, 2.24) is 10.3 Å². The molecular weight excluding hydrogens is 192 g/mol. The fourth-order valence-electron chi connectivity index (χ4n) is 1.65. The van der Waals surface area contributed by atoms with Crippen LogP contribution in [-0.4, -0.2) is 23.8 Å². The highest BCUT2D eigenvalue weighted by Crippen LogP contribution is 2.21. The van der Waals surface area contributed by atoms with E-state index in [0.29, 0.717) is 0 Å². The molecule has 2 nitrogen and oxygen atoms in total. The van der Waals surface area contributed by atoms with Gasteiger partial charge in [-0.2, -0.15) is 0 Å². The van der Waals surface area contributed by atoms with Crippen molar-refractivity contribution in [1.29, 1.82) is 0 Å². The van der Waals surface area contributed by atoms with Gasteiger partial charge in [0.15, 0.2) is 0 Å². The van der Waals surface area contributed by atoms with Gasteiger partial charge >= 0.3 is 0 Å². The number of rotatable bonds is 3. The molecule has 0 radical (unpaired) electrons. The van der Waals surface area contributed by atoms with Crippen LogP contribution in [0.4, 0.5) is 0 Å². The predicted octanol–water partition coefficient (Wildman–Crippen LogP) is 2.09. The smallest absolute Gasteiger partial charge is 0.0962 e. The molecule has 0 bridgehead atoms. The van der Waals surface area contributed by atoms with Gasteiger partial charge in [0.05, 0.1) is 5.03 Å². The summed E-state index contributed by atoms with van der Waals surface area (Å²) in [6, 6.07) is 4.20. The van der Waals surface area contributed by atoms with Crippen LogP contribution in [-0.2, 0) is 0 Å². The quantitative estimate of drug-likeness (QED) is 0.770. The van der Waals surface area contributed by atoms with Gasteiger partial charge in [-0.25, -0.2) is 4.98 Å². The first-order chi connectivity index (χ1) is 6.84. The molecular formula is C11H16N2S. The monoisotopic (exact) mass is 208 g/mol. The van der Waals surface area contributed by atoms with Crippen LogP contribution in [0.15, 0.2) is 23.4 Å². The van der Waals surface area contributed by atoms with Crippen molar-refractivity contribution >= 4 is 11.8 Å². The second-order valence-corrected chi connectivity index (χ2v) is 4.88. The SMILES string of the molecule is Cc1ccnc(SCC2CCNC2)c1. The second-order valence-electron chi connectivity index (χ2n) is 3.84. The third-order valence-electron chi connectivity index (χ3n) is 2.52. The summed E-state index contributed by atoms with van der Waals surface area (Å²) in [4.78, 5) is 4.34. The largest absolute Gasteiger partial charge is 0.316 e. The van der Waals surface area contributed by atoms with Crippen LogP contribution >= 0.6 is 11.8 Å². The lowest BCUT2D eigenvalue weighted by molar-refractivity contribution is 0.662. The molecule has 0 aliphatic carbocycles. The Morgan fingerprint density at radius 2 is 2.57 bits per heavy atom. The minimum Gasteiger partial charge on any atom is -0.316 e. The Bertz CT molecular complexity index is 295. The minimum absolute atomic E-state index is 0.835. The van der Waals surface area contributed by atoms with Crippen molar-refractivity contribution in [3.8, 4) is 0 Å². The molecule has 3 heteroatoms. The third-order valence-corrected chi connectivity index (χ3v) is 3.68. The molecule has 1 atom stereocenters. The molecule has 1 aromatic heterocycles. The van der Waals surface area contributed by atoms with E-state index in [1.807, 2.05) is 24.0 Å². The molecule has 2 heterocycles. The van der Waals surface area contributed by atoms with Gasteiger partial charge in [0.25, 0.3) is 0 Å². The maximum atomic E-state index is 4.34. The van der Waals surface area contributed by atoms with E-state index in [4.69, 9.17) is 0 Å². The van der Waals surface area contributed by atoms with E-state index in [1.54, 1.807) is 0 Å². The van der Waals surface area contributed by atoms with E-state index in [0.717, 1.165) is 10.9 Å². The lowest BCUT2D eigenvalue weighted by Gasteiger charge is -2.06. The number of nitrogens with one attached hydrogen (secondary N) is 1. The molecule has 1 saturated heterocycles. The highest BCUT2D eigenvalue weighted by Gasteiger charge is 2.14. The molecule has 1 fully saturated rings. The Kier molecular flexibility index (Phi) is 3.43. The fraction of sp³-hybridized carbons (Fsp3) is 0.545. The number of thioether (sulfide) groups is 1. The van der Waals surface area contributed by atoms with Crippen molar-refractivity contribution in [2.75, 3.05) is 18.8 Å². The standard InChI is InChI=1S/C11H16N2S/c1-9-2-5-13-11(6-9)14-8-10-3-4-12-7-10/h2,5-6,10,12H,3-4,7-8H2,1H3. The highest BCUT2D eigenvalue weighted by atomic mass is 32.2. The Labute approximate surface area is 89.5 Å². The number of hydrogen-bond donors (Lipinski definition) is 1. The zero-order chi connectivity index (χ0) is 9.80. The third kappa shape index (κ3) is 2.72. The van der Waals surface area contributed by atoms with Crippen LogP contribution in [0.3, 0.4) is 0 Å². The first-order valence-corrected chi connectivity index (χ1v) is 6.09. The van der Waals surface area contributed by atoms with Crippen molar-refractivity contribution < 1.29 is 0 Å². The second kappa shape index (κ2) is 4.80. The minimum atomic E-state index is 0.835. The molecule has 0 amide bonds. The molecule has 2 rings (SSSR count). The molecule has 1 aliphatic rings. The molecule has 1 aliphatic heterocycles. The highest BCUT2D eigenvalue weighted by molar-refractivity contribution is 7.99. The first kappa shape index (κ1) is 9.99. The molecule has 14 heavy (non-hydrogen) atoms. The van der Waals surface area contributed by atoms with E-state index in [1.165, 1.54) is 30.8 Å². The van der Waals surface area contributed by atoms with Gasteiger partial charge < -0.3 is 5.32 Å². The number of pyridine rings is 1. The van der Waals surface area contributed by atoms with Gasteiger partial charge in [0, 0.05) is 11.9 Å². The van der Waals surface area contributed by atoms with Gasteiger partial charge in [-0.15, -0.1) is 11.8 Å². The summed E-state index contributed by atoms with van der Waals surface area (Å²) in [5.41, 5.74) is 1.30. The molecule has 1 aromatic rings. The van der Waals surface area contributed by atoms with Crippen LogP contribution < -0.4 is 5.32 Å². The molecule has 0 aromatic carbocycles. The Balaban J connectivity index is 1.85. The van der Waals surface area contributed by atoms with Crippen molar-refractivity contribution in [2.24, 2.45) is 5.92 Å². The Morgan fingerprint density at radius 1 is 1.64 bits per heavy atom.